The lowest BCUT2D eigenvalue weighted by atomic mass is 10.0. The Kier molecular flexibility index (Phi) is 11.7. The van der Waals surface area contributed by atoms with Crippen LogP contribution in [0.1, 0.15) is 61.6 Å². The zero-order valence-corrected chi connectivity index (χ0v) is 21.5. The van der Waals surface area contributed by atoms with E-state index < -0.39 is 0 Å². The van der Waals surface area contributed by atoms with E-state index in [9.17, 15) is 9.18 Å². The average Bonchev–Trinajstić information content (AvgIpc) is 2.89. The number of carbonyl (C=O) groups excluding carboxylic acids is 1. The lowest BCUT2D eigenvalue weighted by molar-refractivity contribution is 0.200. The van der Waals surface area contributed by atoms with Gasteiger partial charge in [-0.2, -0.15) is 0 Å². The summed E-state index contributed by atoms with van der Waals surface area (Å²) in [6.07, 6.45) is 8.86. The Labute approximate surface area is 219 Å². The van der Waals surface area contributed by atoms with Crippen LogP contribution in [0.3, 0.4) is 0 Å². The molecule has 0 fully saturated rings. The molecule has 200 valence electrons. The van der Waals surface area contributed by atoms with Crippen LogP contribution < -0.4 is 20.7 Å². The number of ether oxygens (including phenoxy) is 1. The fraction of sp³-hybridized carbons (Fsp3) is 0.464. The first-order valence-electron chi connectivity index (χ1n) is 13.2. The third-order valence-corrected chi connectivity index (χ3v) is 6.47. The topological polar surface area (TPSA) is 113 Å². The second-order valence-corrected chi connectivity index (χ2v) is 9.28. The molecule has 37 heavy (non-hydrogen) atoms. The molecule has 2 aromatic carbocycles. The highest BCUT2D eigenvalue weighted by atomic mass is 19.1. The first-order valence-corrected chi connectivity index (χ1v) is 13.2. The summed E-state index contributed by atoms with van der Waals surface area (Å²) in [6.45, 7) is 2.62. The molecule has 0 aliphatic carbocycles. The summed E-state index contributed by atoms with van der Waals surface area (Å²) < 4.78 is 20.1. The van der Waals surface area contributed by atoms with Crippen LogP contribution in [-0.4, -0.2) is 42.9 Å². The van der Waals surface area contributed by atoms with Gasteiger partial charge in [-0.25, -0.2) is 9.18 Å². The quantitative estimate of drug-likeness (QED) is 0.177. The van der Waals surface area contributed by atoms with Crippen molar-refractivity contribution in [2.24, 2.45) is 0 Å². The molecule has 1 aliphatic rings. The van der Waals surface area contributed by atoms with Gasteiger partial charge in [0.25, 0.3) is 0 Å². The Morgan fingerprint density at radius 3 is 2.65 bits per heavy atom. The Hall–Kier alpha value is -3.62. The number of urea groups is 1. The van der Waals surface area contributed by atoms with Crippen molar-refractivity contribution < 1.29 is 13.9 Å². The number of fused-ring (bicyclic) bond motifs is 2. The number of unbranched alkanes of at least 4 members (excludes halogenated alkanes) is 5. The van der Waals surface area contributed by atoms with E-state index in [4.69, 9.17) is 15.6 Å². The number of aryl methyl sites for hydroxylation is 1. The van der Waals surface area contributed by atoms with E-state index >= 15 is 0 Å². The van der Waals surface area contributed by atoms with E-state index in [-0.39, 0.29) is 17.8 Å². The Balaban J connectivity index is 1.63. The summed E-state index contributed by atoms with van der Waals surface area (Å²) in [4.78, 5) is 14.8. The number of benzene rings is 2. The second-order valence-electron chi connectivity index (χ2n) is 9.28. The number of carbonyl (C=O) groups is 1. The van der Waals surface area contributed by atoms with E-state index in [0.717, 1.165) is 61.8 Å². The fourth-order valence-electron chi connectivity index (χ4n) is 4.41. The van der Waals surface area contributed by atoms with Crippen molar-refractivity contribution in [3.8, 4) is 5.75 Å². The van der Waals surface area contributed by atoms with Crippen molar-refractivity contribution in [3.63, 3.8) is 0 Å². The number of para-hydroxylation sites is 1. The number of amides is 2. The molecule has 0 bridgehead atoms. The fourth-order valence-corrected chi connectivity index (χ4v) is 4.41. The largest absolute Gasteiger partial charge is 0.489 e. The maximum atomic E-state index is 14.0. The molecule has 0 saturated carbocycles. The molecule has 2 amide bonds. The highest BCUT2D eigenvalue weighted by molar-refractivity contribution is 5.94. The molecule has 1 aliphatic heterocycles. The van der Waals surface area contributed by atoms with Crippen molar-refractivity contribution in [3.05, 3.63) is 65.0 Å². The molecular formula is C28H39FN6O2. The Bertz CT molecular complexity index is 1030. The van der Waals surface area contributed by atoms with Crippen molar-refractivity contribution in [1.29, 1.82) is 10.8 Å². The standard InChI is InChI=1S/C28H39FN6O2/c29-25-14-13-24-20-37-26-12-6-5-10-23(26)19-33-27(31)34-28(36)35(17-9-11-22(24)18-25)16-8-4-2-1-3-7-15-32-21-30/h5-6,10,12-14,18,21H,1-4,7-9,11,15-17,19-20H2,(H2,30,32)(H3,31,33,34,36). The van der Waals surface area contributed by atoms with Crippen molar-refractivity contribution in [1.82, 2.24) is 20.9 Å². The van der Waals surface area contributed by atoms with Crippen molar-refractivity contribution in [2.45, 2.75) is 64.5 Å². The molecule has 0 spiro atoms. The molecular weight excluding hydrogens is 471 g/mol. The van der Waals surface area contributed by atoms with E-state index in [2.05, 4.69) is 16.0 Å². The van der Waals surface area contributed by atoms with Crippen molar-refractivity contribution in [2.75, 3.05) is 19.6 Å². The average molecular weight is 511 g/mol. The van der Waals surface area contributed by atoms with Crippen LogP contribution >= 0.6 is 0 Å². The summed E-state index contributed by atoms with van der Waals surface area (Å²) in [5.74, 6) is 0.355. The van der Waals surface area contributed by atoms with Crippen LogP contribution in [0.4, 0.5) is 9.18 Å². The van der Waals surface area contributed by atoms with Gasteiger partial charge in [0, 0.05) is 31.7 Å². The highest BCUT2D eigenvalue weighted by Crippen LogP contribution is 2.22. The van der Waals surface area contributed by atoms with Crippen LogP contribution in [-0.2, 0) is 19.6 Å². The van der Waals surface area contributed by atoms with Crippen LogP contribution in [0.5, 0.6) is 5.75 Å². The molecule has 5 N–H and O–H groups in total. The van der Waals surface area contributed by atoms with Crippen LogP contribution in [0.15, 0.2) is 42.5 Å². The summed E-state index contributed by atoms with van der Waals surface area (Å²) in [7, 11) is 0. The van der Waals surface area contributed by atoms with Gasteiger partial charge in [-0.05, 0) is 55.0 Å². The van der Waals surface area contributed by atoms with Gasteiger partial charge in [-0.3, -0.25) is 16.1 Å². The number of nitrogens with one attached hydrogen (secondary N) is 5. The van der Waals surface area contributed by atoms with Crippen molar-refractivity contribution >= 4 is 18.3 Å². The predicted molar refractivity (Wildman–Crippen MR) is 145 cm³/mol. The van der Waals surface area contributed by atoms with Gasteiger partial charge in [0.15, 0.2) is 5.96 Å². The van der Waals surface area contributed by atoms with Crippen LogP contribution in [0, 0.1) is 16.6 Å². The summed E-state index contributed by atoms with van der Waals surface area (Å²) in [5, 5.41) is 23.7. The molecule has 3 rings (SSSR count). The number of nitrogens with zero attached hydrogens (tertiary/aromatic N) is 1. The molecule has 0 aromatic heterocycles. The van der Waals surface area contributed by atoms with Gasteiger partial charge in [-0.1, -0.05) is 49.9 Å². The number of guanidine groups is 1. The monoisotopic (exact) mass is 510 g/mol. The van der Waals surface area contributed by atoms with E-state index in [0.29, 0.717) is 44.8 Å². The van der Waals surface area contributed by atoms with Crippen LogP contribution in [0.2, 0.25) is 0 Å². The van der Waals surface area contributed by atoms with Gasteiger partial charge in [-0.15, -0.1) is 0 Å². The lowest BCUT2D eigenvalue weighted by Gasteiger charge is -2.23. The molecule has 0 unspecified atom stereocenters. The highest BCUT2D eigenvalue weighted by Gasteiger charge is 2.16. The van der Waals surface area contributed by atoms with E-state index in [1.807, 2.05) is 24.3 Å². The SMILES string of the molecule is N=CNCCCCCCCCN1CCCc2cc(F)ccc2COc2ccccc2CNC(=N)NC1=O. The molecule has 0 saturated heterocycles. The summed E-state index contributed by atoms with van der Waals surface area (Å²) in [5.41, 5.74) is 2.68. The van der Waals surface area contributed by atoms with E-state index in [1.165, 1.54) is 12.4 Å². The van der Waals surface area contributed by atoms with Gasteiger partial charge in [0.1, 0.15) is 18.2 Å². The minimum atomic E-state index is -0.297. The Morgan fingerprint density at radius 2 is 1.81 bits per heavy atom. The number of halogens is 1. The maximum Gasteiger partial charge on any atom is 0.324 e. The maximum absolute atomic E-state index is 14.0. The van der Waals surface area contributed by atoms with Gasteiger partial charge >= 0.3 is 6.03 Å². The second kappa shape index (κ2) is 15.5. The molecule has 0 radical (unpaired) electrons. The lowest BCUT2D eigenvalue weighted by Crippen LogP contribution is -2.47. The zero-order chi connectivity index (χ0) is 26.3. The van der Waals surface area contributed by atoms with Gasteiger partial charge in [0.2, 0.25) is 0 Å². The molecule has 2 aromatic rings. The summed E-state index contributed by atoms with van der Waals surface area (Å²) in [6, 6.07) is 12.1. The summed E-state index contributed by atoms with van der Waals surface area (Å²) >= 11 is 0. The minimum Gasteiger partial charge on any atom is -0.489 e. The van der Waals surface area contributed by atoms with E-state index in [1.54, 1.807) is 17.0 Å². The van der Waals surface area contributed by atoms with Gasteiger partial charge in [0.05, 0.1) is 6.34 Å². The molecule has 1 heterocycles. The molecule has 8 nitrogen and oxygen atoms in total. The third kappa shape index (κ3) is 9.74. The minimum absolute atomic E-state index is 0.0523. The zero-order valence-electron chi connectivity index (χ0n) is 21.5. The number of hydrogen-bond acceptors (Lipinski definition) is 4. The molecule has 0 atom stereocenters. The third-order valence-electron chi connectivity index (χ3n) is 6.47. The number of hydrogen-bond donors (Lipinski definition) is 5. The predicted octanol–water partition coefficient (Wildman–Crippen LogP) is 4.92. The smallest absolute Gasteiger partial charge is 0.324 e. The number of rotatable bonds is 10. The Morgan fingerprint density at radius 1 is 1.03 bits per heavy atom. The first kappa shape index (κ1) is 28.0. The van der Waals surface area contributed by atoms with Gasteiger partial charge < -0.3 is 20.3 Å². The van der Waals surface area contributed by atoms with Crippen LogP contribution in [0.25, 0.3) is 0 Å². The normalized spacial score (nSPS) is 14.7. The molecule has 9 heteroatoms. The first-order chi connectivity index (χ1) is 18.1.